The number of nitrogens with zero attached hydrogens (tertiary/aromatic N) is 1. The average molecular weight is 245 g/mol. The highest BCUT2D eigenvalue weighted by Crippen LogP contribution is 2.18. The number of oxime groups is 1. The second-order valence-electron chi connectivity index (χ2n) is 4.20. The summed E-state index contributed by atoms with van der Waals surface area (Å²) in [4.78, 5) is 0. The number of rotatable bonds is 8. The minimum Gasteiger partial charge on any atom is -0.411 e. The molecule has 0 heterocycles. The number of hydrogen-bond donors (Lipinski definition) is 1. The molecule has 0 spiro atoms. The molecular weight excluding hydrogens is 222 g/mol. The van der Waals surface area contributed by atoms with Crippen molar-refractivity contribution >= 4 is 5.71 Å². The normalized spacial score (nSPS) is 20.5. The molecule has 1 rings (SSSR count). The third kappa shape index (κ3) is 6.61. The summed E-state index contributed by atoms with van der Waals surface area (Å²) in [6.07, 6.45) is 4.80. The highest BCUT2D eigenvalue weighted by Gasteiger charge is 2.17. The molecule has 0 aliphatic heterocycles. The lowest BCUT2D eigenvalue weighted by atomic mass is 9.96. The van der Waals surface area contributed by atoms with Crippen molar-refractivity contribution in [1.82, 2.24) is 0 Å². The van der Waals surface area contributed by atoms with Gasteiger partial charge in [0.15, 0.2) is 0 Å². The van der Waals surface area contributed by atoms with Gasteiger partial charge in [-0.3, -0.25) is 0 Å². The predicted molar refractivity (Wildman–Crippen MR) is 64.7 cm³/mol. The van der Waals surface area contributed by atoms with E-state index in [0.29, 0.717) is 19.3 Å². The Hall–Kier alpha value is -0.650. The standard InChI is InChI=1S/C12H23NO4/c1-15-7-2-8-16-9-10-17-12-5-3-11(13-14)4-6-12/h12,14H,2-10H2,1H3. The van der Waals surface area contributed by atoms with E-state index >= 15 is 0 Å². The van der Waals surface area contributed by atoms with Crippen LogP contribution in [0.2, 0.25) is 0 Å². The van der Waals surface area contributed by atoms with Crippen LogP contribution in [0.3, 0.4) is 0 Å². The van der Waals surface area contributed by atoms with Crippen LogP contribution in [0.15, 0.2) is 5.16 Å². The Morgan fingerprint density at radius 3 is 2.59 bits per heavy atom. The molecule has 5 heteroatoms. The summed E-state index contributed by atoms with van der Waals surface area (Å²) in [5, 5.41) is 11.9. The molecular formula is C12H23NO4. The maximum absolute atomic E-state index is 8.61. The van der Waals surface area contributed by atoms with Crippen LogP contribution in [0.25, 0.3) is 0 Å². The monoisotopic (exact) mass is 245 g/mol. The minimum atomic E-state index is 0.295. The predicted octanol–water partition coefficient (Wildman–Crippen LogP) is 1.83. The van der Waals surface area contributed by atoms with Crippen LogP contribution in [0.1, 0.15) is 32.1 Å². The molecule has 1 aliphatic carbocycles. The molecule has 0 saturated heterocycles. The first-order valence-electron chi connectivity index (χ1n) is 6.25. The van der Waals surface area contributed by atoms with E-state index < -0.39 is 0 Å². The number of ether oxygens (including phenoxy) is 3. The zero-order valence-electron chi connectivity index (χ0n) is 10.6. The maximum atomic E-state index is 8.61. The smallest absolute Gasteiger partial charge is 0.0704 e. The second kappa shape index (κ2) is 9.39. The fourth-order valence-corrected chi connectivity index (χ4v) is 1.87. The maximum Gasteiger partial charge on any atom is 0.0704 e. The van der Waals surface area contributed by atoms with Gasteiger partial charge in [-0.05, 0) is 32.1 Å². The van der Waals surface area contributed by atoms with Crippen LogP contribution in [0.4, 0.5) is 0 Å². The summed E-state index contributed by atoms with van der Waals surface area (Å²) in [5.41, 5.74) is 0.890. The topological polar surface area (TPSA) is 60.3 Å². The summed E-state index contributed by atoms with van der Waals surface area (Å²) in [6, 6.07) is 0. The van der Waals surface area contributed by atoms with Gasteiger partial charge in [0.25, 0.3) is 0 Å². The Morgan fingerprint density at radius 2 is 1.94 bits per heavy atom. The molecule has 1 fully saturated rings. The second-order valence-corrected chi connectivity index (χ2v) is 4.20. The number of methoxy groups -OCH3 is 1. The molecule has 0 atom stereocenters. The van der Waals surface area contributed by atoms with Crippen LogP contribution in [-0.2, 0) is 14.2 Å². The van der Waals surface area contributed by atoms with Crippen LogP contribution < -0.4 is 0 Å². The van der Waals surface area contributed by atoms with Crippen molar-refractivity contribution in [3.63, 3.8) is 0 Å². The van der Waals surface area contributed by atoms with Gasteiger partial charge in [0.1, 0.15) is 0 Å². The van der Waals surface area contributed by atoms with Crippen molar-refractivity contribution in [1.29, 1.82) is 0 Å². The van der Waals surface area contributed by atoms with Gasteiger partial charge >= 0.3 is 0 Å². The quantitative estimate of drug-likeness (QED) is 0.402. The molecule has 0 aromatic rings. The van der Waals surface area contributed by atoms with Gasteiger partial charge < -0.3 is 19.4 Å². The fourth-order valence-electron chi connectivity index (χ4n) is 1.87. The highest BCUT2D eigenvalue weighted by atomic mass is 16.5. The lowest BCUT2D eigenvalue weighted by Crippen LogP contribution is -2.23. The van der Waals surface area contributed by atoms with Crippen LogP contribution >= 0.6 is 0 Å². The molecule has 1 aliphatic rings. The van der Waals surface area contributed by atoms with Gasteiger partial charge in [-0.1, -0.05) is 5.16 Å². The first kappa shape index (κ1) is 14.4. The number of hydrogen-bond acceptors (Lipinski definition) is 5. The molecule has 100 valence electrons. The van der Waals surface area contributed by atoms with Crippen molar-refractivity contribution < 1.29 is 19.4 Å². The minimum absolute atomic E-state index is 0.295. The van der Waals surface area contributed by atoms with Crippen molar-refractivity contribution in [3.8, 4) is 0 Å². The third-order valence-electron chi connectivity index (χ3n) is 2.87. The van der Waals surface area contributed by atoms with E-state index in [9.17, 15) is 0 Å². The van der Waals surface area contributed by atoms with Gasteiger partial charge in [-0.25, -0.2) is 0 Å². The van der Waals surface area contributed by atoms with Crippen molar-refractivity contribution in [3.05, 3.63) is 0 Å². The summed E-state index contributed by atoms with van der Waals surface area (Å²) < 4.78 is 16.0. The van der Waals surface area contributed by atoms with E-state index in [1.54, 1.807) is 7.11 Å². The SMILES string of the molecule is COCCCOCCOC1CCC(=NO)CC1. The van der Waals surface area contributed by atoms with E-state index in [0.717, 1.165) is 51.0 Å². The van der Waals surface area contributed by atoms with Gasteiger partial charge in [0.2, 0.25) is 0 Å². The molecule has 0 bridgehead atoms. The first-order chi connectivity index (χ1) is 8.36. The molecule has 1 saturated carbocycles. The summed E-state index contributed by atoms with van der Waals surface area (Å²) in [6.45, 7) is 2.75. The van der Waals surface area contributed by atoms with E-state index in [1.807, 2.05) is 0 Å². The largest absolute Gasteiger partial charge is 0.411 e. The molecule has 0 aromatic heterocycles. The van der Waals surface area contributed by atoms with Crippen LogP contribution in [-0.4, -0.2) is 50.6 Å². The molecule has 0 amide bonds. The zero-order chi connectivity index (χ0) is 12.3. The zero-order valence-corrected chi connectivity index (χ0v) is 10.6. The van der Waals surface area contributed by atoms with E-state index in [1.165, 1.54) is 0 Å². The van der Waals surface area contributed by atoms with E-state index in [4.69, 9.17) is 19.4 Å². The van der Waals surface area contributed by atoms with Gasteiger partial charge in [-0.2, -0.15) is 0 Å². The van der Waals surface area contributed by atoms with Gasteiger partial charge in [0.05, 0.1) is 25.0 Å². The van der Waals surface area contributed by atoms with E-state index in [2.05, 4.69) is 5.16 Å². The Bertz CT molecular complexity index is 211. The van der Waals surface area contributed by atoms with Crippen molar-refractivity contribution in [2.24, 2.45) is 5.16 Å². The lowest BCUT2D eigenvalue weighted by molar-refractivity contribution is -0.00595. The lowest BCUT2D eigenvalue weighted by Gasteiger charge is -2.22. The summed E-state index contributed by atoms with van der Waals surface area (Å²) >= 11 is 0. The molecule has 0 radical (unpaired) electrons. The summed E-state index contributed by atoms with van der Waals surface area (Å²) in [7, 11) is 1.69. The Labute approximate surface area is 103 Å². The third-order valence-corrected chi connectivity index (χ3v) is 2.87. The van der Waals surface area contributed by atoms with Gasteiger partial charge in [-0.15, -0.1) is 0 Å². The average Bonchev–Trinajstić information content (AvgIpc) is 2.38. The van der Waals surface area contributed by atoms with Crippen LogP contribution in [0, 0.1) is 0 Å². The van der Waals surface area contributed by atoms with E-state index in [-0.39, 0.29) is 0 Å². The molecule has 1 N–H and O–H groups in total. The first-order valence-corrected chi connectivity index (χ1v) is 6.25. The molecule has 0 aromatic carbocycles. The fraction of sp³-hybridized carbons (Fsp3) is 0.917. The van der Waals surface area contributed by atoms with Crippen molar-refractivity contribution in [2.75, 3.05) is 33.5 Å². The Morgan fingerprint density at radius 1 is 1.18 bits per heavy atom. The molecule has 0 unspecified atom stereocenters. The Balaban J connectivity index is 1.90. The highest BCUT2D eigenvalue weighted by molar-refractivity contribution is 5.84. The Kier molecular flexibility index (Phi) is 7.96. The van der Waals surface area contributed by atoms with Crippen molar-refractivity contribution in [2.45, 2.75) is 38.2 Å². The van der Waals surface area contributed by atoms with Crippen LogP contribution in [0.5, 0.6) is 0 Å². The van der Waals surface area contributed by atoms with Gasteiger partial charge in [0, 0.05) is 20.3 Å². The summed E-state index contributed by atoms with van der Waals surface area (Å²) in [5.74, 6) is 0. The molecule has 17 heavy (non-hydrogen) atoms. The molecule has 5 nitrogen and oxygen atoms in total.